The van der Waals surface area contributed by atoms with E-state index in [2.05, 4.69) is 0 Å². The van der Waals surface area contributed by atoms with Crippen molar-refractivity contribution < 1.29 is 23.4 Å². The normalized spacial score (nSPS) is 10.6. The van der Waals surface area contributed by atoms with Crippen molar-refractivity contribution in [2.45, 2.75) is 6.29 Å². The minimum absolute atomic E-state index is 0.0109. The van der Waals surface area contributed by atoms with Crippen molar-refractivity contribution >= 4 is 5.78 Å². The maximum Gasteiger partial charge on any atom is 0.222 e. The zero-order valence-corrected chi connectivity index (χ0v) is 9.32. The summed E-state index contributed by atoms with van der Waals surface area (Å²) in [6.07, 6.45) is -1.11. The van der Waals surface area contributed by atoms with Gasteiger partial charge < -0.3 is 14.2 Å². The van der Waals surface area contributed by atoms with Crippen LogP contribution in [0.3, 0.4) is 0 Å². The monoisotopic (exact) mass is 228 g/mol. The number of ether oxygens (including phenoxy) is 3. The van der Waals surface area contributed by atoms with E-state index in [1.165, 1.54) is 39.5 Å². The van der Waals surface area contributed by atoms with Gasteiger partial charge in [-0.1, -0.05) is 6.07 Å². The molecule has 0 amide bonds. The van der Waals surface area contributed by atoms with Gasteiger partial charge >= 0.3 is 0 Å². The van der Waals surface area contributed by atoms with E-state index >= 15 is 0 Å². The molecule has 0 saturated carbocycles. The maximum absolute atomic E-state index is 13.7. The van der Waals surface area contributed by atoms with Crippen LogP contribution < -0.4 is 4.74 Å². The van der Waals surface area contributed by atoms with Gasteiger partial charge in [-0.05, 0) is 12.1 Å². The third-order valence-corrected chi connectivity index (χ3v) is 2.09. The summed E-state index contributed by atoms with van der Waals surface area (Å²) in [4.78, 5) is 11.8. The highest BCUT2D eigenvalue weighted by molar-refractivity contribution is 5.99. The molecule has 1 aromatic rings. The molecule has 16 heavy (non-hydrogen) atoms. The number of methoxy groups -OCH3 is 3. The Bertz CT molecular complexity index is 374. The van der Waals surface area contributed by atoms with Crippen LogP contribution in [-0.2, 0) is 9.47 Å². The van der Waals surface area contributed by atoms with Crippen LogP contribution in [0, 0.1) is 5.82 Å². The number of carbonyl (C=O) groups excluding carboxylic acids is 1. The van der Waals surface area contributed by atoms with Gasteiger partial charge in [0.2, 0.25) is 12.1 Å². The van der Waals surface area contributed by atoms with E-state index < -0.39 is 17.9 Å². The van der Waals surface area contributed by atoms with Gasteiger partial charge in [-0.25, -0.2) is 4.39 Å². The van der Waals surface area contributed by atoms with Crippen molar-refractivity contribution in [1.82, 2.24) is 0 Å². The van der Waals surface area contributed by atoms with Gasteiger partial charge in [0.25, 0.3) is 0 Å². The number of rotatable bonds is 5. The molecule has 0 spiro atoms. The lowest BCUT2D eigenvalue weighted by atomic mass is 10.1. The van der Waals surface area contributed by atoms with E-state index in [0.29, 0.717) is 0 Å². The van der Waals surface area contributed by atoms with Gasteiger partial charge in [-0.3, -0.25) is 4.79 Å². The number of hydrogen-bond acceptors (Lipinski definition) is 4. The number of hydrogen-bond donors (Lipinski definition) is 0. The minimum atomic E-state index is -1.11. The molecule has 0 aliphatic carbocycles. The van der Waals surface area contributed by atoms with E-state index in [9.17, 15) is 9.18 Å². The fourth-order valence-electron chi connectivity index (χ4n) is 1.30. The van der Waals surface area contributed by atoms with Gasteiger partial charge in [-0.2, -0.15) is 0 Å². The molecule has 0 atom stereocenters. The molecule has 88 valence electrons. The average molecular weight is 228 g/mol. The van der Waals surface area contributed by atoms with E-state index in [0.717, 1.165) is 0 Å². The first-order valence-electron chi connectivity index (χ1n) is 4.58. The second kappa shape index (κ2) is 5.58. The Morgan fingerprint density at radius 3 is 2.38 bits per heavy atom. The molecule has 4 nitrogen and oxygen atoms in total. The first-order valence-corrected chi connectivity index (χ1v) is 4.58. The molecular formula is C11H13FO4. The molecule has 0 radical (unpaired) electrons. The molecule has 0 fully saturated rings. The quantitative estimate of drug-likeness (QED) is 0.567. The summed E-state index contributed by atoms with van der Waals surface area (Å²) in [6, 6.07) is 4.31. The molecule has 0 bridgehead atoms. The Hall–Kier alpha value is -1.46. The zero-order chi connectivity index (χ0) is 12.1. The summed E-state index contributed by atoms with van der Waals surface area (Å²) < 4.78 is 28.0. The van der Waals surface area contributed by atoms with Gasteiger partial charge in [0, 0.05) is 14.2 Å². The summed E-state index contributed by atoms with van der Waals surface area (Å²) in [5.74, 6) is -1.28. The van der Waals surface area contributed by atoms with E-state index in [-0.39, 0.29) is 11.3 Å². The van der Waals surface area contributed by atoms with Crippen LogP contribution in [0.4, 0.5) is 4.39 Å². The molecule has 1 aromatic carbocycles. The largest absolute Gasteiger partial charge is 0.494 e. The van der Waals surface area contributed by atoms with Crippen LogP contribution in [0.2, 0.25) is 0 Å². The second-order valence-electron chi connectivity index (χ2n) is 2.99. The van der Waals surface area contributed by atoms with Crippen molar-refractivity contribution in [2.75, 3.05) is 21.3 Å². The lowest BCUT2D eigenvalue weighted by Gasteiger charge is -2.13. The van der Waals surface area contributed by atoms with Crippen LogP contribution in [-0.4, -0.2) is 33.4 Å². The number of Topliss-reactive ketones (excluding diaryl/α,β-unsaturated/α-hetero) is 1. The Kier molecular flexibility index (Phi) is 4.39. The van der Waals surface area contributed by atoms with Crippen LogP contribution in [0.5, 0.6) is 5.75 Å². The Morgan fingerprint density at radius 1 is 1.25 bits per heavy atom. The first-order chi connectivity index (χ1) is 7.65. The Balaban J connectivity index is 3.08. The Labute approximate surface area is 92.9 Å². The van der Waals surface area contributed by atoms with Gasteiger partial charge in [0.15, 0.2) is 11.6 Å². The summed E-state index contributed by atoms with van der Waals surface area (Å²) in [5, 5.41) is 0. The Morgan fingerprint density at radius 2 is 1.88 bits per heavy atom. The average Bonchev–Trinajstić information content (AvgIpc) is 2.30. The molecule has 0 aromatic heterocycles. The predicted octanol–water partition coefficient (Wildman–Crippen LogP) is 1.64. The third-order valence-electron chi connectivity index (χ3n) is 2.09. The number of halogens is 1. The van der Waals surface area contributed by atoms with Crippen LogP contribution >= 0.6 is 0 Å². The van der Waals surface area contributed by atoms with Crippen molar-refractivity contribution in [1.29, 1.82) is 0 Å². The summed E-state index contributed by atoms with van der Waals surface area (Å²) in [6.45, 7) is 0. The van der Waals surface area contributed by atoms with Crippen molar-refractivity contribution in [2.24, 2.45) is 0 Å². The van der Waals surface area contributed by atoms with Gasteiger partial charge in [0.05, 0.1) is 12.7 Å². The zero-order valence-electron chi connectivity index (χ0n) is 9.32. The van der Waals surface area contributed by atoms with Crippen molar-refractivity contribution in [3.8, 4) is 5.75 Å². The molecule has 5 heteroatoms. The fourth-order valence-corrected chi connectivity index (χ4v) is 1.30. The summed E-state index contributed by atoms with van der Waals surface area (Å²) in [5.41, 5.74) is -0.118. The SMILES string of the molecule is COc1cccc(C(=O)C(OC)OC)c1F. The van der Waals surface area contributed by atoms with Gasteiger partial charge in [0.1, 0.15) is 0 Å². The predicted molar refractivity (Wildman–Crippen MR) is 55.1 cm³/mol. The standard InChI is InChI=1S/C11H13FO4/c1-14-8-6-4-5-7(9(8)12)10(13)11(15-2)16-3/h4-6,11H,1-3H3. The maximum atomic E-state index is 13.7. The minimum Gasteiger partial charge on any atom is -0.494 e. The highest BCUT2D eigenvalue weighted by Crippen LogP contribution is 2.21. The molecule has 0 aliphatic rings. The smallest absolute Gasteiger partial charge is 0.222 e. The van der Waals surface area contributed by atoms with Gasteiger partial charge in [-0.15, -0.1) is 0 Å². The van der Waals surface area contributed by atoms with E-state index in [1.54, 1.807) is 0 Å². The number of carbonyl (C=O) groups is 1. The van der Waals surface area contributed by atoms with Crippen molar-refractivity contribution in [3.63, 3.8) is 0 Å². The van der Waals surface area contributed by atoms with Crippen LogP contribution in [0.15, 0.2) is 18.2 Å². The first kappa shape index (κ1) is 12.6. The topological polar surface area (TPSA) is 44.8 Å². The highest BCUT2D eigenvalue weighted by Gasteiger charge is 2.23. The summed E-state index contributed by atoms with van der Waals surface area (Å²) in [7, 11) is 3.95. The molecule has 1 rings (SSSR count). The highest BCUT2D eigenvalue weighted by atomic mass is 19.1. The summed E-state index contributed by atoms with van der Waals surface area (Å²) >= 11 is 0. The lowest BCUT2D eigenvalue weighted by molar-refractivity contribution is -0.0744. The number of ketones is 1. The molecule has 0 N–H and O–H groups in total. The van der Waals surface area contributed by atoms with E-state index in [4.69, 9.17) is 14.2 Å². The third kappa shape index (κ3) is 2.37. The van der Waals surface area contributed by atoms with Crippen molar-refractivity contribution in [3.05, 3.63) is 29.6 Å². The van der Waals surface area contributed by atoms with Crippen LogP contribution in [0.25, 0.3) is 0 Å². The van der Waals surface area contributed by atoms with Crippen LogP contribution in [0.1, 0.15) is 10.4 Å². The molecule has 0 unspecified atom stereocenters. The van der Waals surface area contributed by atoms with E-state index in [1.807, 2.05) is 0 Å². The molecule has 0 saturated heterocycles. The molecule has 0 heterocycles. The molecule has 0 aliphatic heterocycles. The number of benzene rings is 1. The molecular weight excluding hydrogens is 215 g/mol. The lowest BCUT2D eigenvalue weighted by Crippen LogP contribution is -2.25. The second-order valence-corrected chi connectivity index (χ2v) is 2.99. The fraction of sp³-hybridized carbons (Fsp3) is 0.364.